The van der Waals surface area contributed by atoms with E-state index in [0.717, 1.165) is 0 Å². The lowest BCUT2D eigenvalue weighted by molar-refractivity contribution is -0.127. The molecule has 1 aromatic rings. The molecule has 1 aromatic heterocycles. The highest BCUT2D eigenvalue weighted by atomic mass is 79.9. The van der Waals surface area contributed by atoms with Crippen LogP contribution in [0.2, 0.25) is 0 Å². The number of anilines is 1. The van der Waals surface area contributed by atoms with E-state index < -0.39 is 0 Å². The maximum Gasteiger partial charge on any atom is 0.283 e. The van der Waals surface area contributed by atoms with Crippen LogP contribution in [0.4, 0.5) is 5.69 Å². The summed E-state index contributed by atoms with van der Waals surface area (Å²) in [6.07, 6.45) is 3.93. The van der Waals surface area contributed by atoms with Gasteiger partial charge in [0.25, 0.3) is 5.56 Å². The van der Waals surface area contributed by atoms with Gasteiger partial charge in [0.15, 0.2) is 0 Å². The molecule has 6 nitrogen and oxygen atoms in total. The quantitative estimate of drug-likeness (QED) is 0.846. The molecule has 0 atom stereocenters. The van der Waals surface area contributed by atoms with E-state index in [1.165, 1.54) is 17.5 Å². The van der Waals surface area contributed by atoms with Gasteiger partial charge in [-0.15, -0.1) is 0 Å². The van der Waals surface area contributed by atoms with Crippen molar-refractivity contribution in [3.8, 4) is 0 Å². The molecule has 20 heavy (non-hydrogen) atoms. The molecular weight excluding hydrogens is 324 g/mol. The first-order chi connectivity index (χ1) is 9.52. The minimum Gasteiger partial charge on any atom is -0.374 e. The number of nitrogens with one attached hydrogen (secondary N) is 1. The summed E-state index contributed by atoms with van der Waals surface area (Å²) >= 11 is 3.28. The molecule has 1 amide bonds. The highest BCUT2D eigenvalue weighted by Gasteiger charge is 2.23. The van der Waals surface area contributed by atoms with Crippen molar-refractivity contribution in [2.45, 2.75) is 26.3 Å². The maximum atomic E-state index is 12.1. The monoisotopic (exact) mass is 342 g/mol. The van der Waals surface area contributed by atoms with Crippen LogP contribution in [0.3, 0.4) is 0 Å². The van der Waals surface area contributed by atoms with Crippen molar-refractivity contribution in [1.82, 2.24) is 14.7 Å². The Hall–Kier alpha value is -1.37. The molecule has 0 bridgehead atoms. The largest absolute Gasteiger partial charge is 0.374 e. The maximum absolute atomic E-state index is 12.1. The lowest BCUT2D eigenvalue weighted by Gasteiger charge is -2.15. The standard InChI is InChI=1S/C13H19BrN4O2/c1-3-17(2)11(19)7-15-10-6-16-18(8-9-4-5-9)13(20)12(10)14/h6,9,15H,3-5,7-8H2,1-2H3. The van der Waals surface area contributed by atoms with E-state index in [-0.39, 0.29) is 18.0 Å². The van der Waals surface area contributed by atoms with Crippen LogP contribution in [-0.2, 0) is 11.3 Å². The zero-order valence-electron chi connectivity index (χ0n) is 11.7. The summed E-state index contributed by atoms with van der Waals surface area (Å²) in [7, 11) is 1.74. The topological polar surface area (TPSA) is 67.2 Å². The number of rotatable bonds is 6. The lowest BCUT2D eigenvalue weighted by atomic mass is 10.4. The van der Waals surface area contributed by atoms with E-state index in [9.17, 15) is 9.59 Å². The van der Waals surface area contributed by atoms with Crippen LogP contribution in [0.5, 0.6) is 0 Å². The van der Waals surface area contributed by atoms with Crippen LogP contribution in [0.1, 0.15) is 19.8 Å². The molecule has 1 N–H and O–H groups in total. The molecule has 1 aliphatic rings. The molecule has 0 unspecified atom stereocenters. The van der Waals surface area contributed by atoms with Crippen LogP contribution in [0.15, 0.2) is 15.5 Å². The number of nitrogens with zero attached hydrogens (tertiary/aromatic N) is 3. The van der Waals surface area contributed by atoms with Gasteiger partial charge in [0.2, 0.25) is 5.91 Å². The van der Waals surface area contributed by atoms with Crippen LogP contribution in [0.25, 0.3) is 0 Å². The average molecular weight is 343 g/mol. The van der Waals surface area contributed by atoms with Crippen LogP contribution in [-0.4, -0.2) is 40.7 Å². The molecule has 1 fully saturated rings. The van der Waals surface area contributed by atoms with Gasteiger partial charge in [-0.1, -0.05) is 0 Å². The van der Waals surface area contributed by atoms with Gasteiger partial charge in [-0.2, -0.15) is 5.10 Å². The molecule has 0 spiro atoms. The van der Waals surface area contributed by atoms with Crippen molar-refractivity contribution in [3.05, 3.63) is 21.0 Å². The third kappa shape index (κ3) is 3.59. The Bertz CT molecular complexity index is 554. The minimum absolute atomic E-state index is 0.0263. The summed E-state index contributed by atoms with van der Waals surface area (Å²) < 4.78 is 1.91. The molecule has 110 valence electrons. The third-order valence-electron chi connectivity index (χ3n) is 3.44. The number of hydrogen-bond donors (Lipinski definition) is 1. The van der Waals surface area contributed by atoms with Crippen LogP contribution < -0.4 is 10.9 Å². The summed E-state index contributed by atoms with van der Waals surface area (Å²) in [5.74, 6) is 0.562. The first-order valence-electron chi connectivity index (χ1n) is 6.76. The predicted molar refractivity (Wildman–Crippen MR) is 80.7 cm³/mol. The number of amides is 1. The lowest BCUT2D eigenvalue weighted by Crippen LogP contribution is -2.32. The second-order valence-corrected chi connectivity index (χ2v) is 5.86. The summed E-state index contributed by atoms with van der Waals surface area (Å²) in [4.78, 5) is 25.4. The van der Waals surface area contributed by atoms with Crippen molar-refractivity contribution in [2.75, 3.05) is 25.5 Å². The SMILES string of the molecule is CCN(C)C(=O)CNc1cnn(CC2CC2)c(=O)c1Br. The Labute approximate surface area is 126 Å². The number of likely N-dealkylation sites (N-methyl/N-ethyl adjacent to an activating group) is 1. The number of hydrogen-bond acceptors (Lipinski definition) is 4. The second-order valence-electron chi connectivity index (χ2n) is 5.06. The molecule has 1 saturated carbocycles. The normalized spacial score (nSPS) is 14.2. The molecule has 1 aliphatic carbocycles. The zero-order chi connectivity index (χ0) is 14.7. The van der Waals surface area contributed by atoms with E-state index in [0.29, 0.717) is 29.2 Å². The Morgan fingerprint density at radius 1 is 1.60 bits per heavy atom. The summed E-state index contributed by atoms with van der Waals surface area (Å²) in [6.45, 7) is 3.39. The predicted octanol–water partition coefficient (Wildman–Crippen LogP) is 1.31. The van der Waals surface area contributed by atoms with Crippen molar-refractivity contribution >= 4 is 27.5 Å². The van der Waals surface area contributed by atoms with Crippen molar-refractivity contribution in [2.24, 2.45) is 5.92 Å². The zero-order valence-corrected chi connectivity index (χ0v) is 13.3. The van der Waals surface area contributed by atoms with Gasteiger partial charge in [-0.25, -0.2) is 4.68 Å². The van der Waals surface area contributed by atoms with E-state index >= 15 is 0 Å². The van der Waals surface area contributed by atoms with Gasteiger partial charge in [0.1, 0.15) is 4.47 Å². The van der Waals surface area contributed by atoms with Gasteiger partial charge in [0, 0.05) is 20.1 Å². The first kappa shape index (κ1) is 15.0. The molecule has 0 radical (unpaired) electrons. The second kappa shape index (κ2) is 6.39. The van der Waals surface area contributed by atoms with E-state index in [2.05, 4.69) is 26.3 Å². The van der Waals surface area contributed by atoms with Gasteiger partial charge in [-0.3, -0.25) is 9.59 Å². The Kier molecular flexibility index (Phi) is 4.80. The molecule has 2 rings (SSSR count). The summed E-state index contributed by atoms with van der Waals surface area (Å²) in [6, 6.07) is 0. The average Bonchev–Trinajstić information content (AvgIpc) is 3.26. The van der Waals surface area contributed by atoms with Gasteiger partial charge >= 0.3 is 0 Å². The highest BCUT2D eigenvalue weighted by molar-refractivity contribution is 9.10. The fraction of sp³-hybridized carbons (Fsp3) is 0.615. The summed E-state index contributed by atoms with van der Waals surface area (Å²) in [5.41, 5.74) is 0.401. The Morgan fingerprint density at radius 2 is 2.30 bits per heavy atom. The van der Waals surface area contributed by atoms with Crippen molar-refractivity contribution < 1.29 is 4.79 Å². The smallest absolute Gasteiger partial charge is 0.283 e. The molecular formula is C13H19BrN4O2. The number of halogens is 1. The fourth-order valence-electron chi connectivity index (χ4n) is 1.75. The molecule has 0 aliphatic heterocycles. The van der Waals surface area contributed by atoms with Crippen molar-refractivity contribution in [1.29, 1.82) is 0 Å². The van der Waals surface area contributed by atoms with E-state index in [1.54, 1.807) is 18.1 Å². The molecule has 1 heterocycles. The Balaban J connectivity index is 2.03. The van der Waals surface area contributed by atoms with Crippen LogP contribution in [0, 0.1) is 5.92 Å². The van der Waals surface area contributed by atoms with E-state index in [1.807, 2.05) is 6.92 Å². The van der Waals surface area contributed by atoms with Crippen molar-refractivity contribution in [3.63, 3.8) is 0 Å². The molecule has 0 aromatic carbocycles. The van der Waals surface area contributed by atoms with Gasteiger partial charge in [0.05, 0.1) is 18.4 Å². The molecule has 0 saturated heterocycles. The Morgan fingerprint density at radius 3 is 2.90 bits per heavy atom. The fourth-order valence-corrected chi connectivity index (χ4v) is 2.19. The number of carbonyl (C=O) groups excluding carboxylic acids is 1. The van der Waals surface area contributed by atoms with Gasteiger partial charge in [-0.05, 0) is 41.6 Å². The third-order valence-corrected chi connectivity index (χ3v) is 4.21. The van der Waals surface area contributed by atoms with Crippen LogP contribution >= 0.6 is 15.9 Å². The van der Waals surface area contributed by atoms with Gasteiger partial charge < -0.3 is 10.2 Å². The number of carbonyl (C=O) groups is 1. The first-order valence-corrected chi connectivity index (χ1v) is 7.55. The summed E-state index contributed by atoms with van der Waals surface area (Å²) in [5, 5.41) is 7.10. The van der Waals surface area contributed by atoms with E-state index in [4.69, 9.17) is 0 Å². The molecule has 7 heteroatoms. The number of aromatic nitrogens is 2. The highest BCUT2D eigenvalue weighted by Crippen LogP contribution is 2.30. The minimum atomic E-state index is -0.154.